The highest BCUT2D eigenvalue weighted by Crippen LogP contribution is 2.39. The minimum absolute atomic E-state index is 0.0604. The van der Waals surface area contributed by atoms with E-state index in [4.69, 9.17) is 18.9 Å². The third-order valence-corrected chi connectivity index (χ3v) is 9.44. The van der Waals surface area contributed by atoms with Crippen molar-refractivity contribution in [3.05, 3.63) is 36.0 Å². The molecule has 2 saturated heterocycles. The molecule has 0 aromatic carbocycles. The Bertz CT molecular complexity index is 1050. The number of hydrogen-bond acceptors (Lipinski definition) is 10. The van der Waals surface area contributed by atoms with Crippen LogP contribution < -0.4 is 10.6 Å². The van der Waals surface area contributed by atoms with Gasteiger partial charge >= 0.3 is 11.9 Å². The van der Waals surface area contributed by atoms with Crippen molar-refractivity contribution < 1.29 is 38.7 Å². The summed E-state index contributed by atoms with van der Waals surface area (Å²) in [6.45, 7) is 14.9. The molecule has 10 nitrogen and oxygen atoms in total. The summed E-state index contributed by atoms with van der Waals surface area (Å²) in [5, 5.41) is 29.0. The maximum atomic E-state index is 12.8. The first kappa shape index (κ1) is 36.4. The van der Waals surface area contributed by atoms with Crippen molar-refractivity contribution in [3.8, 4) is 0 Å². The first-order valence-corrected chi connectivity index (χ1v) is 16.2. The third-order valence-electron chi connectivity index (χ3n) is 9.44. The van der Waals surface area contributed by atoms with Gasteiger partial charge in [0.15, 0.2) is 0 Å². The van der Waals surface area contributed by atoms with Crippen LogP contribution >= 0.6 is 0 Å². The molecule has 3 heterocycles. The summed E-state index contributed by atoms with van der Waals surface area (Å²) >= 11 is 0. The standard InChI is InChI=1S/C34H56N2O8/c1-9-26(41-8)23(4)30-31(44-30)32-33(6,36-19-11-18-35-32)16-10-12-21(2)29-22(3)13-14-27(42-24(5)37)34(7,40)17-15-25(38)20-28(39)43-29/h10,12-14,16,22-23,25-27,29-32,35-36,38,40H,9,11,15,17-20H2,1-8H3/t22-,23+,25+,26-,27-,29?,30+,31-,32?,33?,34+/m0/s1. The molecule has 3 aliphatic rings. The summed E-state index contributed by atoms with van der Waals surface area (Å²) in [7, 11) is 1.76. The normalized spacial score (nSPS) is 39.0. The van der Waals surface area contributed by atoms with Gasteiger partial charge in [-0.15, -0.1) is 0 Å². The number of aliphatic hydroxyl groups excluding tert-OH is 1. The van der Waals surface area contributed by atoms with E-state index in [0.717, 1.165) is 31.5 Å². The quantitative estimate of drug-likeness (QED) is 0.131. The fourth-order valence-corrected chi connectivity index (χ4v) is 6.56. The predicted octanol–water partition coefficient (Wildman–Crippen LogP) is 3.36. The SMILES string of the molecule is CC[C@H](OC)[C@@H](C)[C@H]1O[C@@H]1C1NCCCNC1(C)C=CC=C(C)C1OC(=O)C[C@H](O)CC[C@@](C)(O)[C@@H](OC(C)=O)C=C[C@@H]1C. The Morgan fingerprint density at radius 3 is 2.64 bits per heavy atom. The molecule has 2 fully saturated rings. The van der Waals surface area contributed by atoms with Gasteiger partial charge in [0, 0.05) is 25.9 Å². The highest BCUT2D eigenvalue weighted by atomic mass is 16.6. The number of hydrogen-bond donors (Lipinski definition) is 4. The van der Waals surface area contributed by atoms with E-state index in [2.05, 4.69) is 37.5 Å². The minimum Gasteiger partial charge on any atom is -0.457 e. The van der Waals surface area contributed by atoms with Gasteiger partial charge in [-0.05, 0) is 71.2 Å². The molecule has 0 spiro atoms. The lowest BCUT2D eigenvalue weighted by atomic mass is 9.85. The van der Waals surface area contributed by atoms with Crippen LogP contribution in [0.2, 0.25) is 0 Å². The van der Waals surface area contributed by atoms with Crippen molar-refractivity contribution in [2.24, 2.45) is 11.8 Å². The number of methoxy groups -OCH3 is 1. The molecule has 0 aromatic rings. The Labute approximate surface area is 263 Å². The molecule has 0 aliphatic carbocycles. The van der Waals surface area contributed by atoms with Crippen LogP contribution in [0.5, 0.6) is 0 Å². The number of esters is 2. The molecule has 11 atom stereocenters. The summed E-state index contributed by atoms with van der Waals surface area (Å²) in [6, 6.07) is 0.0604. The average molecular weight is 621 g/mol. The van der Waals surface area contributed by atoms with Crippen LogP contribution in [0.3, 0.4) is 0 Å². The lowest BCUT2D eigenvalue weighted by Crippen LogP contribution is -2.58. The molecular weight excluding hydrogens is 564 g/mol. The average Bonchev–Trinajstić information content (AvgIpc) is 3.76. The number of cyclic esters (lactones) is 1. The van der Waals surface area contributed by atoms with E-state index in [9.17, 15) is 19.8 Å². The molecule has 0 amide bonds. The largest absolute Gasteiger partial charge is 0.457 e. The lowest BCUT2D eigenvalue weighted by molar-refractivity contribution is -0.157. The second-order valence-electron chi connectivity index (χ2n) is 13.3. The van der Waals surface area contributed by atoms with Gasteiger partial charge in [0.1, 0.15) is 23.9 Å². The number of aliphatic hydroxyl groups is 2. The van der Waals surface area contributed by atoms with Crippen molar-refractivity contribution in [1.82, 2.24) is 10.6 Å². The van der Waals surface area contributed by atoms with Gasteiger partial charge in [-0.25, -0.2) is 0 Å². The third kappa shape index (κ3) is 9.71. The van der Waals surface area contributed by atoms with Gasteiger partial charge in [-0.1, -0.05) is 45.1 Å². The summed E-state index contributed by atoms with van der Waals surface area (Å²) < 4.78 is 23.3. The van der Waals surface area contributed by atoms with Crippen molar-refractivity contribution in [3.63, 3.8) is 0 Å². The number of nitrogens with one attached hydrogen (secondary N) is 2. The number of allylic oxidation sites excluding steroid dienone is 2. The van der Waals surface area contributed by atoms with Crippen molar-refractivity contribution in [2.75, 3.05) is 20.2 Å². The van der Waals surface area contributed by atoms with Crippen molar-refractivity contribution in [2.45, 2.75) is 134 Å². The zero-order valence-corrected chi connectivity index (χ0v) is 27.9. The Hall–Kier alpha value is -2.08. The van der Waals surface area contributed by atoms with E-state index < -0.39 is 35.9 Å². The number of carbonyl (C=O) groups excluding carboxylic acids is 2. The highest BCUT2D eigenvalue weighted by Gasteiger charge is 2.54. The number of epoxide rings is 1. The van der Waals surface area contributed by atoms with Crippen LogP contribution in [0, 0.1) is 11.8 Å². The molecule has 4 N–H and O–H groups in total. The Balaban J connectivity index is 1.83. The highest BCUT2D eigenvalue weighted by molar-refractivity contribution is 5.70. The zero-order chi connectivity index (χ0) is 32.7. The molecule has 10 heteroatoms. The van der Waals surface area contributed by atoms with Crippen molar-refractivity contribution >= 4 is 11.9 Å². The van der Waals surface area contributed by atoms with Gasteiger partial charge in [0.25, 0.3) is 0 Å². The second-order valence-corrected chi connectivity index (χ2v) is 13.3. The molecule has 0 aromatic heterocycles. The molecule has 0 bridgehead atoms. The van der Waals surface area contributed by atoms with Gasteiger partial charge in [-0.2, -0.15) is 0 Å². The molecule has 44 heavy (non-hydrogen) atoms. The van der Waals surface area contributed by atoms with Gasteiger partial charge in [-0.3, -0.25) is 9.59 Å². The fourth-order valence-electron chi connectivity index (χ4n) is 6.56. The van der Waals surface area contributed by atoms with Gasteiger partial charge in [0.05, 0.1) is 36.3 Å². The van der Waals surface area contributed by atoms with E-state index >= 15 is 0 Å². The minimum atomic E-state index is -1.41. The summed E-state index contributed by atoms with van der Waals surface area (Å²) in [5.74, 6) is -1.04. The van der Waals surface area contributed by atoms with Crippen LogP contribution in [-0.2, 0) is 28.5 Å². The Morgan fingerprint density at radius 1 is 1.25 bits per heavy atom. The second kappa shape index (κ2) is 16.0. The number of carbonyl (C=O) groups is 2. The van der Waals surface area contributed by atoms with Crippen LogP contribution in [0.15, 0.2) is 36.0 Å². The topological polar surface area (TPSA) is 139 Å². The maximum Gasteiger partial charge on any atom is 0.309 e. The molecule has 0 radical (unpaired) electrons. The Morgan fingerprint density at radius 2 is 1.98 bits per heavy atom. The van der Waals surface area contributed by atoms with E-state index in [1.54, 1.807) is 20.1 Å². The molecule has 3 aliphatic heterocycles. The van der Waals surface area contributed by atoms with E-state index in [1.165, 1.54) is 6.92 Å². The van der Waals surface area contributed by atoms with Gasteiger partial charge in [0.2, 0.25) is 0 Å². The van der Waals surface area contributed by atoms with Crippen molar-refractivity contribution in [1.29, 1.82) is 0 Å². The first-order chi connectivity index (χ1) is 20.7. The molecule has 250 valence electrons. The lowest BCUT2D eigenvalue weighted by Gasteiger charge is -2.34. The van der Waals surface area contributed by atoms with E-state index in [0.29, 0.717) is 0 Å². The van der Waals surface area contributed by atoms with Crippen LogP contribution in [0.25, 0.3) is 0 Å². The number of rotatable bonds is 9. The van der Waals surface area contributed by atoms with Crippen LogP contribution in [0.1, 0.15) is 80.6 Å². The van der Waals surface area contributed by atoms with E-state index in [-0.39, 0.29) is 61.0 Å². The first-order valence-electron chi connectivity index (χ1n) is 16.2. The van der Waals surface area contributed by atoms with Crippen LogP contribution in [-0.4, -0.2) is 96.2 Å². The molecular formula is C34H56N2O8. The number of ether oxygens (including phenoxy) is 4. The smallest absolute Gasteiger partial charge is 0.309 e. The maximum absolute atomic E-state index is 12.8. The fraction of sp³-hybridized carbons (Fsp3) is 0.765. The van der Waals surface area contributed by atoms with Gasteiger partial charge < -0.3 is 39.8 Å². The predicted molar refractivity (Wildman–Crippen MR) is 169 cm³/mol. The molecule has 3 rings (SSSR count). The summed E-state index contributed by atoms with van der Waals surface area (Å²) in [5.41, 5.74) is -0.983. The molecule has 0 saturated carbocycles. The zero-order valence-electron chi connectivity index (χ0n) is 27.9. The molecule has 3 unspecified atom stereocenters. The summed E-state index contributed by atoms with van der Waals surface area (Å²) in [6.07, 6.45) is 9.40. The Kier molecular flexibility index (Phi) is 13.2. The monoisotopic (exact) mass is 620 g/mol. The summed E-state index contributed by atoms with van der Waals surface area (Å²) in [4.78, 5) is 24.6. The van der Waals surface area contributed by atoms with E-state index in [1.807, 2.05) is 32.1 Å². The van der Waals surface area contributed by atoms with Crippen LogP contribution in [0.4, 0.5) is 0 Å².